The maximum Gasteiger partial charge on any atom is 0.168 e. The average Bonchev–Trinajstić information content (AvgIpc) is 3.23. The number of halogens is 1. The molecule has 2 atom stereocenters. The first kappa shape index (κ1) is 13.4. The number of Topliss-reactive ketones (excluding diaryl/α,β-unsaturated/α-hetero) is 1. The Morgan fingerprint density at radius 1 is 1.10 bits per heavy atom. The van der Waals surface area contributed by atoms with Gasteiger partial charge in [0.15, 0.2) is 5.78 Å². The highest BCUT2D eigenvalue weighted by molar-refractivity contribution is 6.34. The molecule has 1 nitrogen and oxygen atoms in total. The lowest BCUT2D eigenvalue weighted by Gasteiger charge is -2.07. The van der Waals surface area contributed by atoms with Crippen LogP contribution in [0.4, 0.5) is 0 Å². The zero-order valence-corrected chi connectivity index (χ0v) is 12.4. The molecule has 0 N–H and O–H groups in total. The molecule has 102 valence electrons. The van der Waals surface area contributed by atoms with Crippen LogP contribution in [0, 0.1) is 19.8 Å². The van der Waals surface area contributed by atoms with Crippen molar-refractivity contribution < 1.29 is 4.79 Å². The summed E-state index contributed by atoms with van der Waals surface area (Å²) in [5.74, 6) is 0.644. The van der Waals surface area contributed by atoms with Gasteiger partial charge in [-0.2, -0.15) is 0 Å². The number of hydrogen-bond acceptors (Lipinski definition) is 1. The molecule has 20 heavy (non-hydrogen) atoms. The Morgan fingerprint density at radius 3 is 2.45 bits per heavy atom. The topological polar surface area (TPSA) is 17.1 Å². The van der Waals surface area contributed by atoms with Gasteiger partial charge in [0.05, 0.1) is 5.02 Å². The number of rotatable bonds is 3. The van der Waals surface area contributed by atoms with Crippen molar-refractivity contribution in [3.05, 3.63) is 69.7 Å². The standard InChI is InChI=1S/C18H17ClO/c1-11-8-16(17(19)9-12(11)2)18(20)15-10-14(15)13-6-4-3-5-7-13/h3-9,14-15H,10H2,1-2H3. The van der Waals surface area contributed by atoms with Crippen molar-refractivity contribution in [2.24, 2.45) is 5.92 Å². The van der Waals surface area contributed by atoms with Gasteiger partial charge in [0.25, 0.3) is 0 Å². The van der Waals surface area contributed by atoms with Gasteiger partial charge < -0.3 is 0 Å². The van der Waals surface area contributed by atoms with Crippen LogP contribution in [0.25, 0.3) is 0 Å². The minimum absolute atomic E-state index is 0.0945. The zero-order valence-electron chi connectivity index (χ0n) is 11.7. The van der Waals surface area contributed by atoms with Gasteiger partial charge in [-0.3, -0.25) is 4.79 Å². The van der Waals surface area contributed by atoms with Crippen LogP contribution >= 0.6 is 11.6 Å². The van der Waals surface area contributed by atoms with E-state index in [0.717, 1.165) is 17.5 Å². The lowest BCUT2D eigenvalue weighted by molar-refractivity contribution is 0.0965. The maximum atomic E-state index is 12.6. The summed E-state index contributed by atoms with van der Waals surface area (Å²) in [4.78, 5) is 12.6. The molecule has 0 aromatic heterocycles. The summed E-state index contributed by atoms with van der Waals surface area (Å²) in [6.07, 6.45) is 0.937. The molecule has 0 heterocycles. The van der Waals surface area contributed by atoms with E-state index < -0.39 is 0 Å². The molecule has 2 aromatic carbocycles. The molecule has 1 fully saturated rings. The molecule has 2 aromatic rings. The number of ketones is 1. The first-order valence-electron chi connectivity index (χ1n) is 6.94. The molecule has 0 saturated heterocycles. The van der Waals surface area contributed by atoms with Crippen molar-refractivity contribution >= 4 is 17.4 Å². The third-order valence-electron chi connectivity index (χ3n) is 4.20. The molecule has 0 amide bonds. The third-order valence-corrected chi connectivity index (χ3v) is 4.52. The summed E-state index contributed by atoms with van der Waals surface area (Å²) in [5, 5.41) is 0.580. The summed E-state index contributed by atoms with van der Waals surface area (Å²) >= 11 is 6.24. The Morgan fingerprint density at radius 2 is 1.75 bits per heavy atom. The van der Waals surface area contributed by atoms with Gasteiger partial charge in [0.2, 0.25) is 0 Å². The van der Waals surface area contributed by atoms with Gasteiger partial charge in [-0.05, 0) is 55.0 Å². The van der Waals surface area contributed by atoms with E-state index in [0.29, 0.717) is 16.5 Å². The van der Waals surface area contributed by atoms with Crippen LogP contribution in [0.15, 0.2) is 42.5 Å². The van der Waals surface area contributed by atoms with Gasteiger partial charge in [-0.15, -0.1) is 0 Å². The molecule has 0 aliphatic heterocycles. The third kappa shape index (κ3) is 2.38. The molecular formula is C18H17ClO. The van der Waals surface area contributed by atoms with E-state index in [4.69, 9.17) is 11.6 Å². The fourth-order valence-corrected chi connectivity index (χ4v) is 3.03. The molecule has 0 spiro atoms. The SMILES string of the molecule is Cc1cc(Cl)c(C(=O)C2CC2c2ccccc2)cc1C. The summed E-state index contributed by atoms with van der Waals surface area (Å²) in [7, 11) is 0. The van der Waals surface area contributed by atoms with E-state index in [1.54, 1.807) is 0 Å². The van der Waals surface area contributed by atoms with E-state index in [2.05, 4.69) is 12.1 Å². The summed E-state index contributed by atoms with van der Waals surface area (Å²) in [5.41, 5.74) is 4.18. The van der Waals surface area contributed by atoms with Crippen LogP contribution in [0.2, 0.25) is 5.02 Å². The first-order valence-corrected chi connectivity index (χ1v) is 7.31. The van der Waals surface area contributed by atoms with Gasteiger partial charge in [0.1, 0.15) is 0 Å². The monoisotopic (exact) mass is 284 g/mol. The number of carbonyl (C=O) groups excluding carboxylic acids is 1. The van der Waals surface area contributed by atoms with Crippen molar-refractivity contribution in [1.82, 2.24) is 0 Å². The van der Waals surface area contributed by atoms with E-state index in [1.165, 1.54) is 5.56 Å². The quantitative estimate of drug-likeness (QED) is 0.729. The van der Waals surface area contributed by atoms with Crippen molar-refractivity contribution in [2.45, 2.75) is 26.2 Å². The van der Waals surface area contributed by atoms with Crippen LogP contribution in [-0.2, 0) is 0 Å². The zero-order chi connectivity index (χ0) is 14.3. The normalized spacial score (nSPS) is 20.8. The molecule has 1 aliphatic rings. The maximum absolute atomic E-state index is 12.6. The Labute approximate surface area is 124 Å². The van der Waals surface area contributed by atoms with E-state index in [9.17, 15) is 4.79 Å². The van der Waals surface area contributed by atoms with Gasteiger partial charge in [-0.25, -0.2) is 0 Å². The van der Waals surface area contributed by atoms with Crippen LogP contribution < -0.4 is 0 Å². The number of carbonyl (C=O) groups is 1. The van der Waals surface area contributed by atoms with Crippen molar-refractivity contribution in [3.63, 3.8) is 0 Å². The fourth-order valence-electron chi connectivity index (χ4n) is 2.72. The second-order valence-electron chi connectivity index (χ2n) is 5.64. The highest BCUT2D eigenvalue weighted by Crippen LogP contribution is 2.49. The second kappa shape index (κ2) is 5.06. The van der Waals surface area contributed by atoms with Gasteiger partial charge in [-0.1, -0.05) is 41.9 Å². The summed E-state index contributed by atoms with van der Waals surface area (Å²) in [6.45, 7) is 4.03. The van der Waals surface area contributed by atoms with Crippen LogP contribution in [0.5, 0.6) is 0 Å². The highest BCUT2D eigenvalue weighted by Gasteiger charge is 2.44. The van der Waals surface area contributed by atoms with Gasteiger partial charge >= 0.3 is 0 Å². The number of aryl methyl sites for hydroxylation is 2. The molecular weight excluding hydrogens is 268 g/mol. The molecule has 2 heteroatoms. The molecule has 1 aliphatic carbocycles. The Bertz CT molecular complexity index is 661. The van der Waals surface area contributed by atoms with Crippen molar-refractivity contribution in [2.75, 3.05) is 0 Å². The Kier molecular flexibility index (Phi) is 3.39. The van der Waals surface area contributed by atoms with Crippen LogP contribution in [0.1, 0.15) is 39.4 Å². The largest absolute Gasteiger partial charge is 0.294 e. The predicted octanol–water partition coefficient (Wildman–Crippen LogP) is 4.94. The molecule has 0 bridgehead atoms. The summed E-state index contributed by atoms with van der Waals surface area (Å²) in [6, 6.07) is 14.1. The molecule has 3 rings (SSSR count). The van der Waals surface area contributed by atoms with Gasteiger partial charge in [0, 0.05) is 11.5 Å². The van der Waals surface area contributed by atoms with Crippen molar-refractivity contribution in [1.29, 1.82) is 0 Å². The lowest BCUT2D eigenvalue weighted by Crippen LogP contribution is -2.05. The fraction of sp³-hybridized carbons (Fsp3) is 0.278. The van der Waals surface area contributed by atoms with Crippen LogP contribution in [0.3, 0.4) is 0 Å². The molecule has 2 unspecified atom stereocenters. The first-order chi connectivity index (χ1) is 9.58. The Balaban J connectivity index is 1.84. The molecule has 1 saturated carbocycles. The molecule has 0 radical (unpaired) electrons. The average molecular weight is 285 g/mol. The van der Waals surface area contributed by atoms with Crippen LogP contribution in [-0.4, -0.2) is 5.78 Å². The number of hydrogen-bond donors (Lipinski definition) is 0. The predicted molar refractivity (Wildman–Crippen MR) is 82.5 cm³/mol. The van der Waals surface area contributed by atoms with E-state index >= 15 is 0 Å². The summed E-state index contributed by atoms with van der Waals surface area (Å²) < 4.78 is 0. The van der Waals surface area contributed by atoms with E-state index in [-0.39, 0.29) is 11.7 Å². The smallest absolute Gasteiger partial charge is 0.168 e. The minimum atomic E-state index is 0.0945. The highest BCUT2D eigenvalue weighted by atomic mass is 35.5. The van der Waals surface area contributed by atoms with Crippen molar-refractivity contribution in [3.8, 4) is 0 Å². The minimum Gasteiger partial charge on any atom is -0.294 e. The number of benzene rings is 2. The van der Waals surface area contributed by atoms with E-state index in [1.807, 2.05) is 44.2 Å². The Hall–Kier alpha value is -1.60. The lowest BCUT2D eigenvalue weighted by atomic mass is 9.99. The second-order valence-corrected chi connectivity index (χ2v) is 6.05.